The highest BCUT2D eigenvalue weighted by Crippen LogP contribution is 2.18. The third kappa shape index (κ3) is 2.94. The molecule has 0 amide bonds. The molecule has 0 bridgehead atoms. The number of benzene rings is 1. The number of hydrogen-bond acceptors (Lipinski definition) is 1. The fourth-order valence-corrected chi connectivity index (χ4v) is 1.02. The number of nitrogens with two attached hydrogens (primary N) is 1. The summed E-state index contributed by atoms with van der Waals surface area (Å²) in [6.07, 6.45) is 0.598. The van der Waals surface area contributed by atoms with Gasteiger partial charge in [0.25, 0.3) is 0 Å². The first kappa shape index (κ1) is 12.3. The van der Waals surface area contributed by atoms with Crippen LogP contribution >= 0.6 is 12.4 Å². The third-order valence-corrected chi connectivity index (χ3v) is 1.80. The van der Waals surface area contributed by atoms with Crippen molar-refractivity contribution in [2.75, 3.05) is 0 Å². The maximum atomic E-state index is 13.0. The average Bonchev–Trinajstić information content (AvgIpc) is 2.08. The molecular formula is C9H12ClF2N. The summed E-state index contributed by atoms with van der Waals surface area (Å²) in [6, 6.07) is 2.91. The van der Waals surface area contributed by atoms with Gasteiger partial charge in [-0.05, 0) is 24.6 Å². The monoisotopic (exact) mass is 207 g/mol. The van der Waals surface area contributed by atoms with Crippen molar-refractivity contribution in [1.29, 1.82) is 0 Å². The lowest BCUT2D eigenvalue weighted by atomic mass is 10.1. The SMILES string of the molecule is CC[C@H](N)c1cc(F)ccc1F.Cl. The predicted octanol–water partition coefficient (Wildman–Crippen LogP) is 2.80. The van der Waals surface area contributed by atoms with E-state index in [1.165, 1.54) is 0 Å². The van der Waals surface area contributed by atoms with E-state index in [9.17, 15) is 8.78 Å². The maximum absolute atomic E-state index is 13.0. The van der Waals surface area contributed by atoms with E-state index < -0.39 is 17.7 Å². The lowest BCUT2D eigenvalue weighted by Gasteiger charge is -2.09. The highest BCUT2D eigenvalue weighted by atomic mass is 35.5. The molecule has 0 aromatic heterocycles. The zero-order valence-electron chi connectivity index (χ0n) is 7.26. The Bertz CT molecular complexity index is 278. The van der Waals surface area contributed by atoms with E-state index in [0.29, 0.717) is 6.42 Å². The molecule has 0 radical (unpaired) electrons. The molecular weight excluding hydrogens is 196 g/mol. The van der Waals surface area contributed by atoms with Gasteiger partial charge >= 0.3 is 0 Å². The first-order chi connectivity index (χ1) is 5.65. The van der Waals surface area contributed by atoms with Crippen molar-refractivity contribution in [1.82, 2.24) is 0 Å². The lowest BCUT2D eigenvalue weighted by Crippen LogP contribution is -2.10. The van der Waals surface area contributed by atoms with Crippen molar-refractivity contribution in [2.45, 2.75) is 19.4 Å². The van der Waals surface area contributed by atoms with Crippen LogP contribution in [-0.2, 0) is 0 Å². The van der Waals surface area contributed by atoms with Gasteiger partial charge < -0.3 is 5.73 Å². The Labute approximate surface area is 82.4 Å². The van der Waals surface area contributed by atoms with Gasteiger partial charge in [0.15, 0.2) is 0 Å². The molecule has 1 nitrogen and oxygen atoms in total. The minimum Gasteiger partial charge on any atom is -0.324 e. The van der Waals surface area contributed by atoms with E-state index >= 15 is 0 Å². The van der Waals surface area contributed by atoms with E-state index in [2.05, 4.69) is 0 Å². The summed E-state index contributed by atoms with van der Waals surface area (Å²) in [4.78, 5) is 0. The minimum atomic E-state index is -0.449. The Balaban J connectivity index is 0.00000144. The van der Waals surface area contributed by atoms with Gasteiger partial charge in [-0.15, -0.1) is 12.4 Å². The van der Waals surface area contributed by atoms with Crippen molar-refractivity contribution in [3.8, 4) is 0 Å². The fraction of sp³-hybridized carbons (Fsp3) is 0.333. The molecule has 0 fully saturated rings. The van der Waals surface area contributed by atoms with Crippen molar-refractivity contribution >= 4 is 12.4 Å². The third-order valence-electron chi connectivity index (χ3n) is 1.80. The number of hydrogen-bond donors (Lipinski definition) is 1. The van der Waals surface area contributed by atoms with Gasteiger partial charge in [-0.3, -0.25) is 0 Å². The van der Waals surface area contributed by atoms with Gasteiger partial charge in [-0.2, -0.15) is 0 Å². The van der Waals surface area contributed by atoms with Gasteiger partial charge in [-0.25, -0.2) is 8.78 Å². The second-order valence-corrected chi connectivity index (χ2v) is 2.68. The van der Waals surface area contributed by atoms with Crippen LogP contribution < -0.4 is 5.73 Å². The second kappa shape index (κ2) is 5.14. The molecule has 1 aromatic rings. The molecule has 13 heavy (non-hydrogen) atoms. The van der Waals surface area contributed by atoms with Gasteiger partial charge in [0.2, 0.25) is 0 Å². The second-order valence-electron chi connectivity index (χ2n) is 2.68. The van der Waals surface area contributed by atoms with Crippen LogP contribution in [0.25, 0.3) is 0 Å². The van der Waals surface area contributed by atoms with Crippen molar-refractivity contribution < 1.29 is 8.78 Å². The predicted molar refractivity (Wildman–Crippen MR) is 50.8 cm³/mol. The quantitative estimate of drug-likeness (QED) is 0.793. The van der Waals surface area contributed by atoms with Gasteiger partial charge in [0.05, 0.1) is 0 Å². The van der Waals surface area contributed by atoms with E-state index in [1.54, 1.807) is 0 Å². The van der Waals surface area contributed by atoms with E-state index in [0.717, 1.165) is 18.2 Å². The Morgan fingerprint density at radius 1 is 1.38 bits per heavy atom. The Morgan fingerprint density at radius 3 is 2.54 bits per heavy atom. The highest BCUT2D eigenvalue weighted by Gasteiger charge is 2.09. The normalized spacial score (nSPS) is 12.0. The van der Waals surface area contributed by atoms with Crippen LogP contribution in [0.4, 0.5) is 8.78 Å². The molecule has 0 unspecified atom stereocenters. The summed E-state index contributed by atoms with van der Waals surface area (Å²) in [5, 5.41) is 0. The number of halogens is 3. The summed E-state index contributed by atoms with van der Waals surface area (Å²) < 4.78 is 25.6. The minimum absolute atomic E-state index is 0. The largest absolute Gasteiger partial charge is 0.324 e. The standard InChI is InChI=1S/C9H11F2N.ClH/c1-2-9(12)7-5-6(10)3-4-8(7)11;/h3-5,9H,2,12H2,1H3;1H/t9-;/m0./s1. The molecule has 2 N–H and O–H groups in total. The molecule has 0 aliphatic heterocycles. The zero-order valence-corrected chi connectivity index (χ0v) is 8.07. The molecule has 1 atom stereocenters. The Morgan fingerprint density at radius 2 is 2.00 bits per heavy atom. The van der Waals surface area contributed by atoms with E-state index in [4.69, 9.17) is 5.73 Å². The first-order valence-electron chi connectivity index (χ1n) is 3.85. The van der Waals surface area contributed by atoms with Gasteiger partial charge in [0.1, 0.15) is 11.6 Å². The maximum Gasteiger partial charge on any atom is 0.128 e. The Hall–Kier alpha value is -0.670. The van der Waals surface area contributed by atoms with Crippen LogP contribution in [-0.4, -0.2) is 0 Å². The summed E-state index contributed by atoms with van der Waals surface area (Å²) in [7, 11) is 0. The zero-order chi connectivity index (χ0) is 9.14. The summed E-state index contributed by atoms with van der Waals surface area (Å²) in [5.41, 5.74) is 5.80. The molecule has 1 aromatic carbocycles. The molecule has 74 valence electrons. The van der Waals surface area contributed by atoms with E-state index in [-0.39, 0.29) is 18.0 Å². The molecule has 0 saturated carbocycles. The molecule has 0 spiro atoms. The van der Waals surface area contributed by atoms with E-state index in [1.807, 2.05) is 6.92 Å². The van der Waals surface area contributed by atoms with Crippen LogP contribution in [0.1, 0.15) is 24.9 Å². The fourth-order valence-electron chi connectivity index (χ4n) is 1.02. The molecule has 1 rings (SSSR count). The van der Waals surface area contributed by atoms with Crippen LogP contribution in [0, 0.1) is 11.6 Å². The van der Waals surface area contributed by atoms with Gasteiger partial charge in [0, 0.05) is 11.6 Å². The average molecular weight is 208 g/mol. The molecule has 0 saturated heterocycles. The molecule has 0 aliphatic carbocycles. The molecule has 0 aliphatic rings. The molecule has 4 heteroatoms. The smallest absolute Gasteiger partial charge is 0.128 e. The summed E-state index contributed by atoms with van der Waals surface area (Å²) >= 11 is 0. The summed E-state index contributed by atoms with van der Waals surface area (Å²) in [5.74, 6) is -0.888. The van der Waals surface area contributed by atoms with Crippen molar-refractivity contribution in [3.05, 3.63) is 35.4 Å². The van der Waals surface area contributed by atoms with Crippen molar-refractivity contribution in [3.63, 3.8) is 0 Å². The van der Waals surface area contributed by atoms with Crippen LogP contribution in [0.2, 0.25) is 0 Å². The summed E-state index contributed by atoms with van der Waals surface area (Å²) in [6.45, 7) is 1.83. The van der Waals surface area contributed by atoms with Crippen LogP contribution in [0.15, 0.2) is 18.2 Å². The van der Waals surface area contributed by atoms with Crippen molar-refractivity contribution in [2.24, 2.45) is 5.73 Å². The first-order valence-corrected chi connectivity index (χ1v) is 3.85. The topological polar surface area (TPSA) is 26.0 Å². The lowest BCUT2D eigenvalue weighted by molar-refractivity contribution is 0.557. The number of rotatable bonds is 2. The van der Waals surface area contributed by atoms with Gasteiger partial charge in [-0.1, -0.05) is 6.92 Å². The van der Waals surface area contributed by atoms with Crippen LogP contribution in [0.3, 0.4) is 0 Å². The highest BCUT2D eigenvalue weighted by molar-refractivity contribution is 5.85. The van der Waals surface area contributed by atoms with Crippen LogP contribution in [0.5, 0.6) is 0 Å². The Kier molecular flexibility index (Phi) is 4.88. The molecule has 0 heterocycles.